The Bertz CT molecular complexity index is 1230. The van der Waals surface area contributed by atoms with Crippen molar-refractivity contribution in [3.8, 4) is 10.7 Å². The third-order valence-electron chi connectivity index (χ3n) is 4.15. The van der Waals surface area contributed by atoms with Gasteiger partial charge in [-0.3, -0.25) is 0 Å². The molecule has 0 bridgehead atoms. The van der Waals surface area contributed by atoms with Crippen LogP contribution in [0.5, 0.6) is 0 Å². The predicted octanol–water partition coefficient (Wildman–Crippen LogP) is 4.65. The van der Waals surface area contributed by atoms with Gasteiger partial charge in [0.25, 0.3) is 0 Å². The van der Waals surface area contributed by atoms with Crippen LogP contribution in [0, 0.1) is 0 Å². The first-order chi connectivity index (χ1) is 12.8. The molecule has 3 heterocycles. The molecule has 5 aromatic rings. The van der Waals surface area contributed by atoms with Crippen molar-refractivity contribution in [2.45, 2.75) is 6.42 Å². The van der Waals surface area contributed by atoms with Crippen LogP contribution in [-0.2, 0) is 6.42 Å². The maximum absolute atomic E-state index is 5.95. The van der Waals surface area contributed by atoms with E-state index in [2.05, 4.69) is 27.4 Å². The number of fused-ring (bicyclic) bond motifs is 2. The van der Waals surface area contributed by atoms with Gasteiger partial charge in [-0.2, -0.15) is 9.61 Å². The summed E-state index contributed by atoms with van der Waals surface area (Å²) in [5.41, 5.74) is 2.91. The molecule has 126 valence electrons. The first-order valence-corrected chi connectivity index (χ1v) is 9.27. The van der Waals surface area contributed by atoms with Crippen molar-refractivity contribution in [2.75, 3.05) is 0 Å². The summed E-state index contributed by atoms with van der Waals surface area (Å²) < 4.78 is 1.80. The van der Waals surface area contributed by atoms with Gasteiger partial charge in [-0.1, -0.05) is 59.3 Å². The molecule has 0 fully saturated rings. The number of para-hydroxylation sites is 1. The first kappa shape index (κ1) is 15.4. The van der Waals surface area contributed by atoms with E-state index in [1.54, 1.807) is 4.52 Å². The van der Waals surface area contributed by atoms with Gasteiger partial charge in [-0.25, -0.2) is 4.98 Å². The molecule has 0 unspecified atom stereocenters. The van der Waals surface area contributed by atoms with Crippen molar-refractivity contribution < 1.29 is 0 Å². The molecule has 0 radical (unpaired) electrons. The molecule has 0 spiro atoms. The Balaban J connectivity index is 1.53. The fourth-order valence-corrected chi connectivity index (χ4v) is 3.80. The number of rotatable bonds is 3. The van der Waals surface area contributed by atoms with E-state index in [0.717, 1.165) is 43.0 Å². The van der Waals surface area contributed by atoms with Crippen molar-refractivity contribution in [3.05, 3.63) is 77.1 Å². The molecular formula is C19H12ClN5S. The van der Waals surface area contributed by atoms with Gasteiger partial charge in [0, 0.05) is 16.8 Å². The molecule has 0 saturated carbocycles. The monoisotopic (exact) mass is 377 g/mol. The lowest BCUT2D eigenvalue weighted by Crippen LogP contribution is -1.98. The lowest BCUT2D eigenvalue weighted by atomic mass is 10.1. The van der Waals surface area contributed by atoms with Crippen LogP contribution in [0.25, 0.3) is 26.6 Å². The average molecular weight is 378 g/mol. The molecule has 7 heteroatoms. The van der Waals surface area contributed by atoms with Crippen molar-refractivity contribution in [1.29, 1.82) is 0 Å². The Kier molecular flexibility index (Phi) is 3.65. The van der Waals surface area contributed by atoms with E-state index in [1.165, 1.54) is 11.3 Å². The van der Waals surface area contributed by atoms with Crippen LogP contribution >= 0.6 is 22.9 Å². The third-order valence-corrected chi connectivity index (χ3v) is 5.32. The fraction of sp³-hybridized carbons (Fsp3) is 0.0526. The predicted molar refractivity (Wildman–Crippen MR) is 104 cm³/mol. The summed E-state index contributed by atoms with van der Waals surface area (Å²) in [6.07, 6.45) is 0.645. The summed E-state index contributed by atoms with van der Waals surface area (Å²) in [5, 5.41) is 15.9. The third kappa shape index (κ3) is 2.73. The Morgan fingerprint density at radius 1 is 0.923 bits per heavy atom. The van der Waals surface area contributed by atoms with E-state index in [0.29, 0.717) is 6.42 Å². The zero-order valence-electron chi connectivity index (χ0n) is 13.5. The second-order valence-electron chi connectivity index (χ2n) is 5.91. The highest BCUT2D eigenvalue weighted by atomic mass is 35.5. The second kappa shape index (κ2) is 6.16. The molecule has 5 rings (SSSR count). The van der Waals surface area contributed by atoms with Crippen LogP contribution < -0.4 is 0 Å². The van der Waals surface area contributed by atoms with Gasteiger partial charge >= 0.3 is 0 Å². The molecule has 0 saturated heterocycles. The van der Waals surface area contributed by atoms with Crippen molar-refractivity contribution >= 4 is 38.8 Å². The number of nitrogens with zero attached hydrogens (tertiary/aromatic N) is 5. The maximum atomic E-state index is 5.95. The highest BCUT2D eigenvalue weighted by Gasteiger charge is 2.14. The van der Waals surface area contributed by atoms with Gasteiger partial charge in [-0.15, -0.1) is 10.2 Å². The van der Waals surface area contributed by atoms with Gasteiger partial charge in [0.05, 0.1) is 5.52 Å². The normalized spacial score (nSPS) is 11.4. The maximum Gasteiger partial charge on any atom is 0.235 e. The number of halogens is 1. The van der Waals surface area contributed by atoms with Crippen LogP contribution in [0.4, 0.5) is 0 Å². The largest absolute Gasteiger partial charge is 0.245 e. The molecule has 0 N–H and O–H groups in total. The van der Waals surface area contributed by atoms with Gasteiger partial charge in [-0.05, 0) is 29.8 Å². The standard InChI is InChI=1S/C19H12ClN5S/c20-14-8-5-12(6-9-14)11-17-22-23-19-25(17)24-18(26-19)16-10-7-13-3-1-2-4-15(13)21-16/h1-10H,11H2. The highest BCUT2D eigenvalue weighted by molar-refractivity contribution is 7.19. The number of hydrogen-bond acceptors (Lipinski definition) is 5. The van der Waals surface area contributed by atoms with Crippen LogP contribution in [0.3, 0.4) is 0 Å². The minimum atomic E-state index is 0.645. The SMILES string of the molecule is Clc1ccc(Cc2nnc3sc(-c4ccc5ccccc5n4)nn23)cc1. The first-order valence-electron chi connectivity index (χ1n) is 8.08. The summed E-state index contributed by atoms with van der Waals surface area (Å²) >= 11 is 7.44. The van der Waals surface area contributed by atoms with E-state index in [-0.39, 0.29) is 0 Å². The summed E-state index contributed by atoms with van der Waals surface area (Å²) in [7, 11) is 0. The molecule has 0 aliphatic heterocycles. The number of benzene rings is 2. The van der Waals surface area contributed by atoms with Crippen LogP contribution in [-0.4, -0.2) is 24.8 Å². The van der Waals surface area contributed by atoms with Gasteiger partial charge in [0.15, 0.2) is 10.8 Å². The van der Waals surface area contributed by atoms with Crippen molar-refractivity contribution in [2.24, 2.45) is 0 Å². The Hall–Kier alpha value is -2.83. The highest BCUT2D eigenvalue weighted by Crippen LogP contribution is 2.26. The molecule has 0 atom stereocenters. The Labute approximate surface area is 157 Å². The second-order valence-corrected chi connectivity index (χ2v) is 7.30. The fourth-order valence-electron chi connectivity index (χ4n) is 2.84. The minimum Gasteiger partial charge on any atom is -0.245 e. The lowest BCUT2D eigenvalue weighted by molar-refractivity contribution is 0.853. The van der Waals surface area contributed by atoms with E-state index in [9.17, 15) is 0 Å². The molecular weight excluding hydrogens is 366 g/mol. The number of pyridine rings is 1. The van der Waals surface area contributed by atoms with E-state index >= 15 is 0 Å². The van der Waals surface area contributed by atoms with Gasteiger partial charge in [0.2, 0.25) is 4.96 Å². The van der Waals surface area contributed by atoms with Crippen LogP contribution in [0.2, 0.25) is 5.02 Å². The molecule has 0 amide bonds. The van der Waals surface area contributed by atoms with E-state index in [4.69, 9.17) is 16.6 Å². The zero-order valence-corrected chi connectivity index (χ0v) is 15.1. The summed E-state index contributed by atoms with van der Waals surface area (Å²) in [6, 6.07) is 19.8. The summed E-state index contributed by atoms with van der Waals surface area (Å²) in [4.78, 5) is 5.48. The van der Waals surface area contributed by atoms with Gasteiger partial charge in [0.1, 0.15) is 5.69 Å². The van der Waals surface area contributed by atoms with E-state index < -0.39 is 0 Å². The van der Waals surface area contributed by atoms with Crippen LogP contribution in [0.1, 0.15) is 11.4 Å². The molecule has 5 nitrogen and oxygen atoms in total. The van der Waals surface area contributed by atoms with Crippen molar-refractivity contribution in [1.82, 2.24) is 24.8 Å². The molecule has 0 aliphatic carbocycles. The Morgan fingerprint density at radius 2 is 1.77 bits per heavy atom. The summed E-state index contributed by atoms with van der Waals surface area (Å²) in [6.45, 7) is 0. The van der Waals surface area contributed by atoms with Crippen molar-refractivity contribution in [3.63, 3.8) is 0 Å². The average Bonchev–Trinajstić information content (AvgIpc) is 3.25. The van der Waals surface area contributed by atoms with Crippen LogP contribution in [0.15, 0.2) is 60.7 Å². The molecule has 3 aromatic heterocycles. The quantitative estimate of drug-likeness (QED) is 0.459. The molecule has 2 aromatic carbocycles. The zero-order chi connectivity index (χ0) is 17.5. The van der Waals surface area contributed by atoms with E-state index in [1.807, 2.05) is 48.5 Å². The topological polar surface area (TPSA) is 56.0 Å². The van der Waals surface area contributed by atoms with Gasteiger partial charge < -0.3 is 0 Å². The Morgan fingerprint density at radius 3 is 2.65 bits per heavy atom. The smallest absolute Gasteiger partial charge is 0.235 e. The lowest BCUT2D eigenvalue weighted by Gasteiger charge is -2.00. The molecule has 0 aliphatic rings. The minimum absolute atomic E-state index is 0.645. The number of aromatic nitrogens is 5. The molecule has 26 heavy (non-hydrogen) atoms. The number of hydrogen-bond donors (Lipinski definition) is 0. The summed E-state index contributed by atoms with van der Waals surface area (Å²) in [5.74, 6) is 0.797.